The first-order valence-corrected chi connectivity index (χ1v) is 6.90. The molecule has 0 aliphatic heterocycles. The molecule has 0 bridgehead atoms. The molecule has 2 aromatic heterocycles. The average Bonchev–Trinajstić information content (AvgIpc) is 3.01. The lowest BCUT2D eigenvalue weighted by Gasteiger charge is -2.08. The molecule has 1 N–H and O–H groups in total. The van der Waals surface area contributed by atoms with Gasteiger partial charge in [-0.1, -0.05) is 23.7 Å². The minimum absolute atomic E-state index is 0.459. The maximum absolute atomic E-state index is 6.03. The van der Waals surface area contributed by atoms with Crippen molar-refractivity contribution in [1.82, 2.24) is 24.7 Å². The molecule has 0 fully saturated rings. The van der Waals surface area contributed by atoms with Crippen molar-refractivity contribution < 1.29 is 0 Å². The molecular formula is C14H13ClN6. The number of hydrogen-bond acceptors (Lipinski definition) is 5. The van der Waals surface area contributed by atoms with E-state index in [1.165, 1.54) is 0 Å². The number of nitrogens with one attached hydrogen (secondary N) is 1. The molecule has 0 saturated heterocycles. The van der Waals surface area contributed by atoms with Gasteiger partial charge in [-0.05, 0) is 25.1 Å². The van der Waals surface area contributed by atoms with Crippen LogP contribution in [0, 0.1) is 0 Å². The normalized spacial score (nSPS) is 10.6. The van der Waals surface area contributed by atoms with Crippen molar-refractivity contribution in [2.45, 2.75) is 6.92 Å². The highest BCUT2D eigenvalue weighted by Gasteiger charge is 2.10. The van der Waals surface area contributed by atoms with E-state index in [0.717, 1.165) is 12.1 Å². The van der Waals surface area contributed by atoms with Crippen LogP contribution in [0.1, 0.15) is 6.92 Å². The third-order valence-electron chi connectivity index (χ3n) is 2.75. The summed E-state index contributed by atoms with van der Waals surface area (Å²) in [6.07, 6.45) is 3.46. The van der Waals surface area contributed by atoms with Crippen LogP contribution in [0.3, 0.4) is 0 Å². The van der Waals surface area contributed by atoms with Crippen molar-refractivity contribution in [1.29, 1.82) is 0 Å². The van der Waals surface area contributed by atoms with Crippen LogP contribution < -0.4 is 5.32 Å². The van der Waals surface area contributed by atoms with Crippen molar-refractivity contribution in [3.05, 3.63) is 47.7 Å². The number of benzene rings is 1. The van der Waals surface area contributed by atoms with Crippen LogP contribution in [0.25, 0.3) is 17.3 Å². The van der Waals surface area contributed by atoms with Crippen LogP contribution in [-0.2, 0) is 0 Å². The van der Waals surface area contributed by atoms with E-state index in [9.17, 15) is 0 Å². The van der Waals surface area contributed by atoms with Gasteiger partial charge in [-0.3, -0.25) is 0 Å². The summed E-state index contributed by atoms with van der Waals surface area (Å²) >= 11 is 6.03. The van der Waals surface area contributed by atoms with Gasteiger partial charge in [0, 0.05) is 29.5 Å². The van der Waals surface area contributed by atoms with E-state index in [2.05, 4.69) is 25.4 Å². The summed E-state index contributed by atoms with van der Waals surface area (Å²) in [6.45, 7) is 2.70. The lowest BCUT2D eigenvalue weighted by atomic mass is 10.2. The predicted molar refractivity (Wildman–Crippen MR) is 81.6 cm³/mol. The maximum atomic E-state index is 6.03. The summed E-state index contributed by atoms with van der Waals surface area (Å²) < 4.78 is 1.59. The van der Waals surface area contributed by atoms with Crippen molar-refractivity contribution in [3.63, 3.8) is 0 Å². The van der Waals surface area contributed by atoms with Crippen LogP contribution >= 0.6 is 11.6 Å². The zero-order valence-corrected chi connectivity index (χ0v) is 12.1. The summed E-state index contributed by atoms with van der Waals surface area (Å²) in [4.78, 5) is 13.2. The van der Waals surface area contributed by atoms with E-state index in [4.69, 9.17) is 11.6 Å². The molecule has 0 saturated carbocycles. The fraction of sp³-hybridized carbons (Fsp3) is 0.143. The fourth-order valence-corrected chi connectivity index (χ4v) is 2.04. The van der Waals surface area contributed by atoms with E-state index >= 15 is 0 Å². The molecule has 7 heteroatoms. The summed E-state index contributed by atoms with van der Waals surface area (Å²) in [6, 6.07) is 9.22. The molecule has 0 spiro atoms. The number of rotatable bonds is 4. The molecule has 0 aliphatic rings. The van der Waals surface area contributed by atoms with Crippen molar-refractivity contribution in [2.24, 2.45) is 0 Å². The zero-order chi connectivity index (χ0) is 14.7. The van der Waals surface area contributed by atoms with Gasteiger partial charge in [-0.15, -0.1) is 0 Å². The Morgan fingerprint density at radius 2 is 2.10 bits per heavy atom. The highest BCUT2D eigenvalue weighted by atomic mass is 35.5. The Hall–Kier alpha value is -2.47. The van der Waals surface area contributed by atoms with Crippen LogP contribution in [0.15, 0.2) is 42.7 Å². The number of aromatic nitrogens is 5. The third-order valence-corrected chi connectivity index (χ3v) is 2.99. The second-order valence-corrected chi connectivity index (χ2v) is 4.71. The van der Waals surface area contributed by atoms with E-state index in [-0.39, 0.29) is 0 Å². The van der Waals surface area contributed by atoms with Gasteiger partial charge in [0.1, 0.15) is 0 Å². The molecule has 106 valence electrons. The first-order chi connectivity index (χ1) is 10.3. The quantitative estimate of drug-likeness (QED) is 0.802. The van der Waals surface area contributed by atoms with Gasteiger partial charge in [0.25, 0.3) is 5.95 Å². The Morgan fingerprint density at radius 1 is 1.19 bits per heavy atom. The Balaban J connectivity index is 2.11. The maximum Gasteiger partial charge on any atom is 0.255 e. The summed E-state index contributed by atoms with van der Waals surface area (Å²) in [5.74, 6) is 1.52. The Bertz CT molecular complexity index is 741. The minimum atomic E-state index is 0.459. The number of hydrogen-bond donors (Lipinski definition) is 1. The molecule has 3 rings (SSSR count). The van der Waals surface area contributed by atoms with Crippen molar-refractivity contribution in [3.8, 4) is 17.3 Å². The number of nitrogens with zero attached hydrogens (tertiary/aromatic N) is 5. The van der Waals surface area contributed by atoms with Crippen LogP contribution in [-0.4, -0.2) is 31.3 Å². The fourth-order valence-electron chi connectivity index (χ4n) is 1.85. The van der Waals surface area contributed by atoms with Crippen LogP contribution in [0.5, 0.6) is 0 Å². The summed E-state index contributed by atoms with van der Waals surface area (Å²) in [5.41, 5.74) is 0.831. The Morgan fingerprint density at radius 3 is 2.81 bits per heavy atom. The lowest BCUT2D eigenvalue weighted by Crippen LogP contribution is -2.10. The molecule has 21 heavy (non-hydrogen) atoms. The van der Waals surface area contributed by atoms with Crippen LogP contribution in [0.4, 0.5) is 5.95 Å². The molecule has 1 aromatic carbocycles. The van der Waals surface area contributed by atoms with Gasteiger partial charge in [-0.2, -0.15) is 20.1 Å². The SMILES string of the molecule is CCNc1nc(-c2cccc(Cl)c2)nc(-n2cccn2)n1. The lowest BCUT2D eigenvalue weighted by molar-refractivity contribution is 0.798. The van der Waals surface area contributed by atoms with Gasteiger partial charge in [0.05, 0.1) is 0 Å². The first kappa shape index (κ1) is 13.5. The molecule has 0 atom stereocenters. The number of halogens is 1. The second kappa shape index (κ2) is 5.88. The molecule has 6 nitrogen and oxygen atoms in total. The molecule has 3 aromatic rings. The van der Waals surface area contributed by atoms with E-state index < -0.39 is 0 Å². The highest BCUT2D eigenvalue weighted by molar-refractivity contribution is 6.30. The Labute approximate surface area is 126 Å². The zero-order valence-electron chi connectivity index (χ0n) is 11.4. The first-order valence-electron chi connectivity index (χ1n) is 6.52. The van der Waals surface area contributed by atoms with Crippen molar-refractivity contribution >= 4 is 17.5 Å². The van der Waals surface area contributed by atoms with Gasteiger partial charge < -0.3 is 5.32 Å². The highest BCUT2D eigenvalue weighted by Crippen LogP contribution is 2.21. The monoisotopic (exact) mass is 300 g/mol. The van der Waals surface area contributed by atoms with Crippen LogP contribution in [0.2, 0.25) is 5.02 Å². The summed E-state index contributed by atoms with van der Waals surface area (Å²) in [7, 11) is 0. The van der Waals surface area contributed by atoms with Gasteiger partial charge >= 0.3 is 0 Å². The smallest absolute Gasteiger partial charge is 0.255 e. The van der Waals surface area contributed by atoms with Crippen molar-refractivity contribution in [2.75, 3.05) is 11.9 Å². The third kappa shape index (κ3) is 3.00. The molecule has 0 aliphatic carbocycles. The van der Waals surface area contributed by atoms with Gasteiger partial charge in [0.2, 0.25) is 5.95 Å². The van der Waals surface area contributed by atoms with E-state index in [1.807, 2.05) is 37.3 Å². The largest absolute Gasteiger partial charge is 0.354 e. The number of anilines is 1. The van der Waals surface area contributed by atoms with E-state index in [1.54, 1.807) is 17.1 Å². The molecule has 0 amide bonds. The van der Waals surface area contributed by atoms with Gasteiger partial charge in [-0.25, -0.2) is 4.68 Å². The standard InChI is InChI=1S/C14H13ClN6/c1-2-16-13-18-12(10-5-3-6-11(15)9-10)19-14(20-13)21-8-4-7-17-21/h3-9H,2H2,1H3,(H,16,18,19,20). The van der Waals surface area contributed by atoms with Gasteiger partial charge in [0.15, 0.2) is 5.82 Å². The topological polar surface area (TPSA) is 68.5 Å². The summed E-state index contributed by atoms with van der Waals surface area (Å²) in [5, 5.41) is 7.89. The molecule has 2 heterocycles. The average molecular weight is 301 g/mol. The second-order valence-electron chi connectivity index (χ2n) is 4.27. The minimum Gasteiger partial charge on any atom is -0.354 e. The molecular weight excluding hydrogens is 288 g/mol. The predicted octanol–water partition coefficient (Wildman–Crippen LogP) is 2.81. The Kier molecular flexibility index (Phi) is 3.79. The molecule has 0 unspecified atom stereocenters. The van der Waals surface area contributed by atoms with E-state index in [0.29, 0.717) is 22.7 Å². The molecule has 0 radical (unpaired) electrons.